The first kappa shape index (κ1) is 24.0. The molecular weight excluding hydrogens is 395 g/mol. The van der Waals surface area contributed by atoms with Crippen LogP contribution in [-0.2, 0) is 6.54 Å². The Morgan fingerprint density at radius 3 is 2.30 bits per heavy atom. The summed E-state index contributed by atoms with van der Waals surface area (Å²) in [5.41, 5.74) is 1.61. The standard InChI is InChI=1S/C21H32F3N5O/c1-4-5-10-26-19(30)18-8-6-17(7-9-18)15-27-20(25-3)29-13-11-28(12-14-29)16(2)21(22,23)24/h6-9,16H,4-5,10-15H2,1-3H3,(H,25,27)(H,26,30). The molecule has 1 aliphatic rings. The van der Waals surface area contributed by atoms with Gasteiger partial charge in [-0.1, -0.05) is 25.5 Å². The number of unbranched alkanes of at least 4 members (excludes halogenated alkanes) is 1. The van der Waals surface area contributed by atoms with E-state index in [1.807, 2.05) is 17.0 Å². The number of benzene rings is 1. The highest BCUT2D eigenvalue weighted by molar-refractivity contribution is 5.94. The minimum Gasteiger partial charge on any atom is -0.352 e. The second-order valence-electron chi connectivity index (χ2n) is 7.45. The Balaban J connectivity index is 1.83. The predicted octanol–water partition coefficient (Wildman–Crippen LogP) is 2.86. The summed E-state index contributed by atoms with van der Waals surface area (Å²) in [6, 6.07) is 5.92. The molecule has 1 atom stereocenters. The van der Waals surface area contributed by atoms with Crippen LogP contribution in [0, 0.1) is 0 Å². The van der Waals surface area contributed by atoms with E-state index in [1.54, 1.807) is 19.2 Å². The number of guanidine groups is 1. The van der Waals surface area contributed by atoms with E-state index < -0.39 is 12.2 Å². The largest absolute Gasteiger partial charge is 0.403 e. The van der Waals surface area contributed by atoms with Crippen LogP contribution in [0.4, 0.5) is 13.2 Å². The van der Waals surface area contributed by atoms with Gasteiger partial charge in [0.2, 0.25) is 0 Å². The Bertz CT molecular complexity index is 698. The number of rotatable bonds is 7. The lowest BCUT2D eigenvalue weighted by molar-refractivity contribution is -0.181. The predicted molar refractivity (Wildman–Crippen MR) is 113 cm³/mol. The number of piperazine rings is 1. The molecule has 0 aliphatic carbocycles. The van der Waals surface area contributed by atoms with Crippen molar-refractivity contribution in [2.45, 2.75) is 45.5 Å². The lowest BCUT2D eigenvalue weighted by atomic mass is 10.1. The zero-order valence-electron chi connectivity index (χ0n) is 17.9. The SMILES string of the molecule is CCCCNC(=O)c1ccc(CNC(=NC)N2CCN(C(C)C(F)(F)F)CC2)cc1. The van der Waals surface area contributed by atoms with Crippen molar-refractivity contribution in [1.29, 1.82) is 0 Å². The van der Waals surface area contributed by atoms with Crippen molar-refractivity contribution in [3.63, 3.8) is 0 Å². The summed E-state index contributed by atoms with van der Waals surface area (Å²) in [6.45, 7) is 6.11. The van der Waals surface area contributed by atoms with E-state index >= 15 is 0 Å². The Hall–Kier alpha value is -2.29. The van der Waals surface area contributed by atoms with Gasteiger partial charge in [-0.15, -0.1) is 0 Å². The van der Waals surface area contributed by atoms with Crippen LogP contribution in [0.1, 0.15) is 42.6 Å². The fourth-order valence-electron chi connectivity index (χ4n) is 3.30. The molecule has 30 heavy (non-hydrogen) atoms. The molecule has 1 aromatic carbocycles. The van der Waals surface area contributed by atoms with Gasteiger partial charge in [-0.3, -0.25) is 14.7 Å². The van der Waals surface area contributed by atoms with Gasteiger partial charge in [0.1, 0.15) is 6.04 Å². The van der Waals surface area contributed by atoms with Gasteiger partial charge in [-0.05, 0) is 31.0 Å². The number of nitrogens with zero attached hydrogens (tertiary/aromatic N) is 3. The number of hydrogen-bond acceptors (Lipinski definition) is 3. The van der Waals surface area contributed by atoms with Crippen molar-refractivity contribution in [2.24, 2.45) is 4.99 Å². The van der Waals surface area contributed by atoms with Gasteiger partial charge in [-0.25, -0.2) is 0 Å². The molecule has 2 N–H and O–H groups in total. The van der Waals surface area contributed by atoms with E-state index in [2.05, 4.69) is 22.5 Å². The summed E-state index contributed by atoms with van der Waals surface area (Å²) < 4.78 is 38.7. The van der Waals surface area contributed by atoms with Crippen molar-refractivity contribution in [3.8, 4) is 0 Å². The van der Waals surface area contributed by atoms with Crippen molar-refractivity contribution < 1.29 is 18.0 Å². The van der Waals surface area contributed by atoms with Crippen LogP contribution in [0.15, 0.2) is 29.3 Å². The second kappa shape index (κ2) is 11.2. The van der Waals surface area contributed by atoms with Crippen LogP contribution in [0.2, 0.25) is 0 Å². The van der Waals surface area contributed by atoms with E-state index in [9.17, 15) is 18.0 Å². The zero-order chi connectivity index (χ0) is 22.1. The molecule has 9 heteroatoms. The summed E-state index contributed by atoms with van der Waals surface area (Å²) in [7, 11) is 1.66. The number of carbonyl (C=O) groups excluding carboxylic acids is 1. The van der Waals surface area contributed by atoms with Gasteiger partial charge in [0.25, 0.3) is 5.91 Å². The molecule has 1 aromatic rings. The first-order valence-corrected chi connectivity index (χ1v) is 10.4. The maximum absolute atomic E-state index is 12.9. The van der Waals surface area contributed by atoms with Crippen molar-refractivity contribution in [3.05, 3.63) is 35.4 Å². The molecule has 0 saturated carbocycles. The zero-order valence-corrected chi connectivity index (χ0v) is 17.9. The van der Waals surface area contributed by atoms with E-state index in [1.165, 1.54) is 11.8 Å². The highest BCUT2D eigenvalue weighted by Gasteiger charge is 2.41. The molecule has 0 bridgehead atoms. The summed E-state index contributed by atoms with van der Waals surface area (Å²) in [6.07, 6.45) is -2.22. The molecule has 0 radical (unpaired) electrons. The number of amides is 1. The third-order valence-electron chi connectivity index (χ3n) is 5.33. The third kappa shape index (κ3) is 6.90. The average molecular weight is 428 g/mol. The molecule has 1 heterocycles. The maximum Gasteiger partial charge on any atom is 0.403 e. The van der Waals surface area contributed by atoms with E-state index in [0.717, 1.165) is 18.4 Å². The monoisotopic (exact) mass is 427 g/mol. The Morgan fingerprint density at radius 1 is 1.13 bits per heavy atom. The number of carbonyl (C=O) groups is 1. The summed E-state index contributed by atoms with van der Waals surface area (Å²) in [5, 5.41) is 6.14. The lowest BCUT2D eigenvalue weighted by Crippen LogP contribution is -2.56. The molecule has 1 saturated heterocycles. The summed E-state index contributed by atoms with van der Waals surface area (Å²) in [5.74, 6) is 0.584. The second-order valence-corrected chi connectivity index (χ2v) is 7.45. The van der Waals surface area contributed by atoms with Crippen molar-refractivity contribution in [1.82, 2.24) is 20.4 Å². The first-order valence-electron chi connectivity index (χ1n) is 10.4. The fraction of sp³-hybridized carbons (Fsp3) is 0.619. The molecule has 1 fully saturated rings. The highest BCUT2D eigenvalue weighted by atomic mass is 19.4. The molecule has 0 aromatic heterocycles. The Kier molecular flexibility index (Phi) is 8.95. The summed E-state index contributed by atoms with van der Waals surface area (Å²) >= 11 is 0. The fourth-order valence-corrected chi connectivity index (χ4v) is 3.30. The van der Waals surface area contributed by atoms with E-state index in [4.69, 9.17) is 0 Å². The Morgan fingerprint density at radius 2 is 1.77 bits per heavy atom. The number of hydrogen-bond donors (Lipinski definition) is 2. The Labute approximate surface area is 176 Å². The molecular formula is C21H32F3N5O. The van der Waals surface area contributed by atoms with Gasteiger partial charge in [-0.2, -0.15) is 13.2 Å². The maximum atomic E-state index is 12.9. The van der Waals surface area contributed by atoms with Gasteiger partial charge >= 0.3 is 6.18 Å². The van der Waals surface area contributed by atoms with Gasteiger partial charge < -0.3 is 15.5 Å². The van der Waals surface area contributed by atoms with Crippen LogP contribution in [0.5, 0.6) is 0 Å². The number of aliphatic imine (C=N–C) groups is 1. The van der Waals surface area contributed by atoms with Crippen molar-refractivity contribution in [2.75, 3.05) is 39.8 Å². The van der Waals surface area contributed by atoms with E-state index in [0.29, 0.717) is 50.8 Å². The molecule has 2 rings (SSSR count). The van der Waals surface area contributed by atoms with Crippen LogP contribution in [0.25, 0.3) is 0 Å². The smallest absolute Gasteiger partial charge is 0.352 e. The quantitative estimate of drug-likeness (QED) is 0.399. The molecule has 1 unspecified atom stereocenters. The van der Waals surface area contributed by atoms with Crippen LogP contribution >= 0.6 is 0 Å². The minimum absolute atomic E-state index is 0.0790. The molecule has 1 aliphatic heterocycles. The van der Waals surface area contributed by atoms with Gasteiger partial charge in [0.15, 0.2) is 5.96 Å². The molecule has 1 amide bonds. The lowest BCUT2D eigenvalue weighted by Gasteiger charge is -2.39. The number of halogens is 3. The third-order valence-corrected chi connectivity index (χ3v) is 5.33. The number of alkyl halides is 3. The van der Waals surface area contributed by atoms with Crippen LogP contribution in [0.3, 0.4) is 0 Å². The normalized spacial score (nSPS) is 17.0. The van der Waals surface area contributed by atoms with E-state index in [-0.39, 0.29) is 5.91 Å². The minimum atomic E-state index is -4.21. The van der Waals surface area contributed by atoms with Gasteiger partial charge in [0.05, 0.1) is 0 Å². The molecule has 168 valence electrons. The average Bonchev–Trinajstić information content (AvgIpc) is 2.74. The molecule has 0 spiro atoms. The molecule has 6 nitrogen and oxygen atoms in total. The van der Waals surface area contributed by atoms with Gasteiger partial charge in [0, 0.05) is 51.9 Å². The van der Waals surface area contributed by atoms with Crippen LogP contribution < -0.4 is 10.6 Å². The highest BCUT2D eigenvalue weighted by Crippen LogP contribution is 2.25. The number of nitrogens with one attached hydrogen (secondary N) is 2. The van der Waals surface area contributed by atoms with Crippen molar-refractivity contribution >= 4 is 11.9 Å². The first-order chi connectivity index (χ1) is 14.3. The van der Waals surface area contributed by atoms with Crippen LogP contribution in [-0.4, -0.2) is 73.7 Å². The summed E-state index contributed by atoms with van der Waals surface area (Å²) in [4.78, 5) is 19.7. The topological polar surface area (TPSA) is 60.0 Å².